The van der Waals surface area contributed by atoms with E-state index >= 15 is 0 Å². The lowest BCUT2D eigenvalue weighted by Gasteiger charge is -2.20. The molecular weight excluding hydrogens is 316 g/mol. The number of methoxy groups -OCH3 is 2. The fourth-order valence-corrected chi connectivity index (χ4v) is 1.67. The molecule has 0 aliphatic heterocycles. The minimum atomic E-state index is -0.737. The molecule has 0 unspecified atom stereocenters. The first-order valence-corrected chi connectivity index (χ1v) is 7.17. The fourth-order valence-electron chi connectivity index (χ4n) is 1.67. The zero-order valence-electron chi connectivity index (χ0n) is 14.4. The Morgan fingerprint density at radius 1 is 1.00 bits per heavy atom. The number of carbonyl (C=O) groups excluding carboxylic acids is 3. The molecule has 0 spiro atoms. The van der Waals surface area contributed by atoms with Crippen LogP contribution in [0, 0.1) is 0 Å². The summed E-state index contributed by atoms with van der Waals surface area (Å²) in [6, 6.07) is 3.84. The number of rotatable bonds is 5. The number of hydrogen-bond acceptors (Lipinski definition) is 6. The lowest BCUT2D eigenvalue weighted by Crippen LogP contribution is -2.49. The van der Waals surface area contributed by atoms with Crippen molar-refractivity contribution in [3.05, 3.63) is 23.8 Å². The lowest BCUT2D eigenvalue weighted by atomic mass is 10.1. The minimum Gasteiger partial charge on any atom is -0.497 e. The smallest absolute Gasteiger partial charge is 0.338 e. The monoisotopic (exact) mass is 338 g/mol. The highest BCUT2D eigenvalue weighted by atomic mass is 16.5. The van der Waals surface area contributed by atoms with Crippen molar-refractivity contribution in [2.75, 3.05) is 20.8 Å². The number of ether oxygens (including phenoxy) is 3. The standard InChI is InChI=1S/C16H22N2O6/c1-16(2,3)18-15(21)17-13(19)9-24-14(20)10-6-11(22-4)8-12(7-10)23-5/h6-8H,9H2,1-5H3,(H2,17,18,19,21). The van der Waals surface area contributed by atoms with Crippen LogP contribution < -0.4 is 20.1 Å². The third-order valence-corrected chi connectivity index (χ3v) is 2.66. The molecule has 0 saturated heterocycles. The Balaban J connectivity index is 2.60. The number of imide groups is 1. The van der Waals surface area contributed by atoms with Crippen molar-refractivity contribution in [3.63, 3.8) is 0 Å². The quantitative estimate of drug-likeness (QED) is 0.789. The predicted octanol–water partition coefficient (Wildman–Crippen LogP) is 1.48. The van der Waals surface area contributed by atoms with Gasteiger partial charge in [-0.3, -0.25) is 10.1 Å². The lowest BCUT2D eigenvalue weighted by molar-refractivity contribution is -0.123. The molecule has 24 heavy (non-hydrogen) atoms. The molecule has 0 aliphatic rings. The molecule has 0 heterocycles. The van der Waals surface area contributed by atoms with E-state index in [-0.39, 0.29) is 5.56 Å². The van der Waals surface area contributed by atoms with Gasteiger partial charge in [-0.2, -0.15) is 0 Å². The maximum Gasteiger partial charge on any atom is 0.338 e. The highest BCUT2D eigenvalue weighted by molar-refractivity contribution is 5.97. The number of benzene rings is 1. The second-order valence-corrected chi connectivity index (χ2v) is 5.93. The zero-order valence-corrected chi connectivity index (χ0v) is 14.4. The molecule has 1 rings (SSSR count). The normalized spacial score (nSPS) is 10.5. The highest BCUT2D eigenvalue weighted by Gasteiger charge is 2.17. The maximum atomic E-state index is 12.0. The summed E-state index contributed by atoms with van der Waals surface area (Å²) >= 11 is 0. The molecule has 1 aromatic rings. The third kappa shape index (κ3) is 6.55. The summed E-state index contributed by atoms with van der Waals surface area (Å²) in [5.74, 6) is -0.649. The van der Waals surface area contributed by atoms with Gasteiger partial charge in [0.15, 0.2) is 6.61 Å². The van der Waals surface area contributed by atoms with E-state index in [1.54, 1.807) is 26.8 Å². The molecule has 0 aromatic heterocycles. The van der Waals surface area contributed by atoms with Crippen molar-refractivity contribution in [2.24, 2.45) is 0 Å². The van der Waals surface area contributed by atoms with E-state index in [0.29, 0.717) is 11.5 Å². The Bertz CT molecular complexity index is 599. The summed E-state index contributed by atoms with van der Waals surface area (Å²) < 4.78 is 15.0. The number of urea groups is 1. The molecule has 0 bridgehead atoms. The Morgan fingerprint density at radius 3 is 2.00 bits per heavy atom. The average molecular weight is 338 g/mol. The van der Waals surface area contributed by atoms with Crippen LogP contribution in [0.5, 0.6) is 11.5 Å². The van der Waals surface area contributed by atoms with Gasteiger partial charge in [0.1, 0.15) is 11.5 Å². The number of carbonyl (C=O) groups is 3. The fraction of sp³-hybridized carbons (Fsp3) is 0.438. The summed E-state index contributed by atoms with van der Waals surface area (Å²) in [4.78, 5) is 35.1. The third-order valence-electron chi connectivity index (χ3n) is 2.66. The SMILES string of the molecule is COc1cc(OC)cc(C(=O)OCC(=O)NC(=O)NC(C)(C)C)c1. The van der Waals surface area contributed by atoms with Gasteiger partial charge in [0, 0.05) is 11.6 Å². The molecule has 0 aliphatic carbocycles. The van der Waals surface area contributed by atoms with Crippen molar-refractivity contribution >= 4 is 17.9 Å². The number of nitrogens with one attached hydrogen (secondary N) is 2. The average Bonchev–Trinajstić information content (AvgIpc) is 2.49. The van der Waals surface area contributed by atoms with Crippen LogP contribution in [0.15, 0.2) is 18.2 Å². The Hall–Kier alpha value is -2.77. The Kier molecular flexibility index (Phi) is 6.58. The van der Waals surface area contributed by atoms with Gasteiger partial charge in [0.05, 0.1) is 19.8 Å². The van der Waals surface area contributed by atoms with Crippen LogP contribution in [-0.4, -0.2) is 44.3 Å². The van der Waals surface area contributed by atoms with Crippen molar-refractivity contribution in [1.82, 2.24) is 10.6 Å². The largest absolute Gasteiger partial charge is 0.497 e. The van der Waals surface area contributed by atoms with Crippen LogP contribution in [-0.2, 0) is 9.53 Å². The van der Waals surface area contributed by atoms with E-state index in [1.165, 1.54) is 26.4 Å². The van der Waals surface area contributed by atoms with Crippen molar-refractivity contribution in [2.45, 2.75) is 26.3 Å². The molecule has 132 valence electrons. The van der Waals surface area contributed by atoms with E-state index in [9.17, 15) is 14.4 Å². The van der Waals surface area contributed by atoms with Crippen LogP contribution in [0.25, 0.3) is 0 Å². The number of hydrogen-bond donors (Lipinski definition) is 2. The molecule has 8 heteroatoms. The van der Waals surface area contributed by atoms with Gasteiger partial charge >= 0.3 is 12.0 Å². The topological polar surface area (TPSA) is 103 Å². The molecule has 2 N–H and O–H groups in total. The van der Waals surface area contributed by atoms with E-state index in [2.05, 4.69) is 10.6 Å². The molecular formula is C16H22N2O6. The van der Waals surface area contributed by atoms with Gasteiger partial charge in [0.2, 0.25) is 0 Å². The molecule has 8 nitrogen and oxygen atoms in total. The summed E-state index contributed by atoms with van der Waals surface area (Å²) in [6.45, 7) is 4.73. The van der Waals surface area contributed by atoms with Crippen LogP contribution in [0.3, 0.4) is 0 Å². The summed E-state index contributed by atoms with van der Waals surface area (Å²) in [6.07, 6.45) is 0. The molecule has 0 radical (unpaired) electrons. The van der Waals surface area contributed by atoms with Crippen molar-refractivity contribution in [3.8, 4) is 11.5 Å². The molecule has 0 atom stereocenters. The Morgan fingerprint density at radius 2 is 1.54 bits per heavy atom. The highest BCUT2D eigenvalue weighted by Crippen LogP contribution is 2.22. The number of esters is 1. The summed E-state index contributed by atoms with van der Waals surface area (Å²) in [5.41, 5.74) is -0.323. The number of amides is 3. The summed E-state index contributed by atoms with van der Waals surface area (Å²) in [5, 5.41) is 4.63. The molecule has 0 saturated carbocycles. The second-order valence-electron chi connectivity index (χ2n) is 5.93. The van der Waals surface area contributed by atoms with Gasteiger partial charge in [-0.1, -0.05) is 0 Å². The first-order chi connectivity index (χ1) is 11.1. The van der Waals surface area contributed by atoms with Gasteiger partial charge in [-0.25, -0.2) is 9.59 Å². The first-order valence-electron chi connectivity index (χ1n) is 7.17. The van der Waals surface area contributed by atoms with Crippen LogP contribution in [0.1, 0.15) is 31.1 Å². The predicted molar refractivity (Wildman–Crippen MR) is 86.3 cm³/mol. The van der Waals surface area contributed by atoms with Crippen molar-refractivity contribution < 1.29 is 28.6 Å². The summed E-state index contributed by atoms with van der Waals surface area (Å²) in [7, 11) is 2.90. The van der Waals surface area contributed by atoms with E-state index < -0.39 is 30.1 Å². The van der Waals surface area contributed by atoms with Gasteiger partial charge < -0.3 is 19.5 Å². The van der Waals surface area contributed by atoms with E-state index in [4.69, 9.17) is 14.2 Å². The van der Waals surface area contributed by atoms with E-state index in [1.807, 2.05) is 0 Å². The van der Waals surface area contributed by atoms with Crippen LogP contribution in [0.4, 0.5) is 4.79 Å². The van der Waals surface area contributed by atoms with Gasteiger partial charge in [-0.15, -0.1) is 0 Å². The second kappa shape index (κ2) is 8.19. The Labute approximate surface area is 140 Å². The maximum absolute atomic E-state index is 12.0. The molecule has 0 fully saturated rings. The van der Waals surface area contributed by atoms with Gasteiger partial charge in [0.25, 0.3) is 5.91 Å². The molecule has 3 amide bonds. The van der Waals surface area contributed by atoms with Crippen molar-refractivity contribution in [1.29, 1.82) is 0 Å². The zero-order chi connectivity index (χ0) is 18.3. The first kappa shape index (κ1) is 19.3. The van der Waals surface area contributed by atoms with Gasteiger partial charge in [-0.05, 0) is 32.9 Å². The van der Waals surface area contributed by atoms with Crippen LogP contribution >= 0.6 is 0 Å². The minimum absolute atomic E-state index is 0.165. The van der Waals surface area contributed by atoms with E-state index in [0.717, 1.165) is 0 Å². The molecule has 1 aromatic carbocycles. The van der Waals surface area contributed by atoms with Crippen LogP contribution in [0.2, 0.25) is 0 Å².